The molecular weight excluding hydrogens is 371 g/mol. The van der Waals surface area contributed by atoms with Gasteiger partial charge in [0.25, 0.3) is 0 Å². The van der Waals surface area contributed by atoms with Crippen molar-refractivity contribution in [3.05, 3.63) is 35.6 Å². The van der Waals surface area contributed by atoms with E-state index in [9.17, 15) is 18.8 Å². The number of nitrogens with two attached hydrogens (primary N) is 1. The first-order valence-electron chi connectivity index (χ1n) is 8.95. The number of likely N-dealkylation sites (tertiary alicyclic amines) is 1. The van der Waals surface area contributed by atoms with E-state index < -0.39 is 35.2 Å². The average molecular weight is 395 g/mol. The Labute approximate surface area is 161 Å². The summed E-state index contributed by atoms with van der Waals surface area (Å²) in [5, 5.41) is 1.77. The molecular formula is C19H24FN2O4S+. The SMILES string of the molecule is CCN1C(=O)[C@H]2[C@@H](C1=O)[C@](CCSC)(C(=O)OC)[NH2+][C@H]2c1cccc(F)c1. The number of fused-ring (bicyclic) bond motifs is 1. The minimum atomic E-state index is -1.18. The third-order valence-electron chi connectivity index (χ3n) is 5.70. The average Bonchev–Trinajstić information content (AvgIpc) is 3.14. The van der Waals surface area contributed by atoms with E-state index >= 15 is 0 Å². The van der Waals surface area contributed by atoms with Crippen molar-refractivity contribution in [3.63, 3.8) is 0 Å². The number of ether oxygens (including phenoxy) is 1. The van der Waals surface area contributed by atoms with Crippen LogP contribution in [0.4, 0.5) is 4.39 Å². The number of quaternary nitrogens is 1. The molecule has 3 rings (SSSR count). The molecule has 2 saturated heterocycles. The van der Waals surface area contributed by atoms with Crippen molar-refractivity contribution in [2.75, 3.05) is 25.7 Å². The highest BCUT2D eigenvalue weighted by molar-refractivity contribution is 7.98. The molecule has 27 heavy (non-hydrogen) atoms. The Morgan fingerprint density at radius 3 is 2.70 bits per heavy atom. The van der Waals surface area contributed by atoms with Crippen molar-refractivity contribution in [1.82, 2.24) is 4.90 Å². The summed E-state index contributed by atoms with van der Waals surface area (Å²) in [6.45, 7) is 1.99. The maximum absolute atomic E-state index is 13.8. The molecule has 0 radical (unpaired) electrons. The number of hydrogen-bond donors (Lipinski definition) is 1. The Morgan fingerprint density at radius 1 is 1.37 bits per heavy atom. The van der Waals surface area contributed by atoms with Gasteiger partial charge in [-0.05, 0) is 31.1 Å². The van der Waals surface area contributed by atoms with Crippen molar-refractivity contribution in [3.8, 4) is 0 Å². The lowest BCUT2D eigenvalue weighted by Gasteiger charge is -2.29. The molecule has 0 aromatic heterocycles. The number of rotatable bonds is 6. The minimum absolute atomic E-state index is 0.250. The Balaban J connectivity index is 2.14. The highest BCUT2D eigenvalue weighted by atomic mass is 32.2. The Hall–Kier alpha value is -1.93. The number of carbonyl (C=O) groups is 3. The molecule has 0 spiro atoms. The standard InChI is InChI=1S/C19H23FN2O4S/c1-4-22-16(23)13-14(17(22)24)19(8-9-27-3,18(25)26-2)21-15(13)11-6-5-7-12(20)10-11/h5-7,10,13-15,21H,4,8-9H2,1-3H3/p+1/t13-,14-,15-,19+/m0/s1. The second-order valence-corrected chi connectivity index (χ2v) is 7.93. The van der Waals surface area contributed by atoms with Crippen LogP contribution in [0.15, 0.2) is 24.3 Å². The van der Waals surface area contributed by atoms with Gasteiger partial charge >= 0.3 is 5.97 Å². The monoisotopic (exact) mass is 395 g/mol. The molecule has 0 bridgehead atoms. The first-order valence-corrected chi connectivity index (χ1v) is 10.3. The van der Waals surface area contributed by atoms with E-state index in [0.29, 0.717) is 17.7 Å². The zero-order valence-electron chi connectivity index (χ0n) is 15.6. The van der Waals surface area contributed by atoms with Crippen LogP contribution in [0.3, 0.4) is 0 Å². The summed E-state index contributed by atoms with van der Waals surface area (Å²) in [7, 11) is 1.29. The van der Waals surface area contributed by atoms with Crippen molar-refractivity contribution in [1.29, 1.82) is 0 Å². The summed E-state index contributed by atoms with van der Waals surface area (Å²) in [6.07, 6.45) is 2.31. The summed E-state index contributed by atoms with van der Waals surface area (Å²) >= 11 is 1.56. The molecule has 4 atom stereocenters. The van der Waals surface area contributed by atoms with Crippen LogP contribution in [-0.2, 0) is 19.1 Å². The van der Waals surface area contributed by atoms with E-state index in [-0.39, 0.29) is 18.4 Å². The predicted octanol–water partition coefficient (Wildman–Crippen LogP) is 0.730. The predicted molar refractivity (Wildman–Crippen MR) is 98.2 cm³/mol. The number of thioether (sulfide) groups is 1. The third kappa shape index (κ3) is 3.04. The zero-order valence-corrected chi connectivity index (χ0v) is 16.4. The van der Waals surface area contributed by atoms with Gasteiger partial charge < -0.3 is 10.1 Å². The number of nitrogens with zero attached hydrogens (tertiary/aromatic N) is 1. The van der Waals surface area contributed by atoms with Gasteiger partial charge in [0.1, 0.15) is 23.7 Å². The highest BCUT2D eigenvalue weighted by Crippen LogP contribution is 2.46. The number of amides is 2. The number of esters is 1. The molecule has 8 heteroatoms. The molecule has 2 aliphatic rings. The fraction of sp³-hybridized carbons (Fsp3) is 0.526. The van der Waals surface area contributed by atoms with Crippen LogP contribution in [0.25, 0.3) is 0 Å². The molecule has 1 aromatic carbocycles. The number of hydrogen-bond acceptors (Lipinski definition) is 5. The molecule has 2 heterocycles. The van der Waals surface area contributed by atoms with Gasteiger partial charge in [-0.3, -0.25) is 14.5 Å². The van der Waals surface area contributed by atoms with E-state index in [1.807, 2.05) is 6.26 Å². The summed E-state index contributed by atoms with van der Waals surface area (Å²) in [6, 6.07) is 5.49. The van der Waals surface area contributed by atoms with Gasteiger partial charge in [-0.25, -0.2) is 9.18 Å². The molecule has 2 amide bonds. The molecule has 0 aliphatic carbocycles. The lowest BCUT2D eigenvalue weighted by molar-refractivity contribution is -0.734. The lowest BCUT2D eigenvalue weighted by Crippen LogP contribution is -2.98. The Morgan fingerprint density at radius 2 is 2.11 bits per heavy atom. The van der Waals surface area contributed by atoms with E-state index in [1.165, 1.54) is 24.1 Å². The van der Waals surface area contributed by atoms with Crippen molar-refractivity contribution < 1.29 is 28.8 Å². The molecule has 0 saturated carbocycles. The smallest absolute Gasteiger partial charge is 0.368 e. The Kier molecular flexibility index (Phi) is 5.58. The highest BCUT2D eigenvalue weighted by Gasteiger charge is 2.71. The number of imide groups is 1. The number of carbonyl (C=O) groups excluding carboxylic acids is 3. The van der Waals surface area contributed by atoms with E-state index in [2.05, 4.69) is 0 Å². The fourth-order valence-corrected chi connectivity index (χ4v) is 5.05. The molecule has 2 aliphatic heterocycles. The van der Waals surface area contributed by atoms with Crippen molar-refractivity contribution in [2.24, 2.45) is 11.8 Å². The van der Waals surface area contributed by atoms with Gasteiger partial charge in [-0.1, -0.05) is 12.1 Å². The molecule has 6 nitrogen and oxygen atoms in total. The minimum Gasteiger partial charge on any atom is -0.464 e. The third-order valence-corrected chi connectivity index (χ3v) is 6.31. The molecule has 0 unspecified atom stereocenters. The zero-order chi connectivity index (χ0) is 19.8. The van der Waals surface area contributed by atoms with Crippen molar-refractivity contribution >= 4 is 29.5 Å². The number of benzene rings is 1. The largest absolute Gasteiger partial charge is 0.464 e. The van der Waals surface area contributed by atoms with E-state index in [0.717, 1.165) is 0 Å². The summed E-state index contributed by atoms with van der Waals surface area (Å²) < 4.78 is 18.9. The summed E-state index contributed by atoms with van der Waals surface area (Å²) in [4.78, 5) is 40.1. The summed E-state index contributed by atoms with van der Waals surface area (Å²) in [5.41, 5.74) is -0.588. The second-order valence-electron chi connectivity index (χ2n) is 6.95. The first-order chi connectivity index (χ1) is 12.9. The van der Waals surface area contributed by atoms with Crippen LogP contribution < -0.4 is 5.32 Å². The van der Waals surface area contributed by atoms with Crippen LogP contribution in [0.1, 0.15) is 24.9 Å². The lowest BCUT2D eigenvalue weighted by atomic mass is 9.78. The molecule has 2 N–H and O–H groups in total. The quantitative estimate of drug-likeness (QED) is 0.567. The number of methoxy groups -OCH3 is 1. The van der Waals surface area contributed by atoms with E-state index in [4.69, 9.17) is 4.74 Å². The van der Waals surface area contributed by atoms with Gasteiger partial charge in [0, 0.05) is 18.5 Å². The fourth-order valence-electron chi connectivity index (χ4n) is 4.51. The van der Waals surface area contributed by atoms with Crippen molar-refractivity contribution in [2.45, 2.75) is 24.9 Å². The van der Waals surface area contributed by atoms with Gasteiger partial charge in [0.05, 0.1) is 7.11 Å². The normalized spacial score (nSPS) is 29.9. The maximum Gasteiger partial charge on any atom is 0.368 e. The van der Waals surface area contributed by atoms with Gasteiger partial charge in [-0.2, -0.15) is 11.8 Å². The van der Waals surface area contributed by atoms with Gasteiger partial charge in [-0.15, -0.1) is 0 Å². The summed E-state index contributed by atoms with van der Waals surface area (Å²) in [5.74, 6) is -2.44. The number of halogens is 1. The maximum atomic E-state index is 13.8. The van der Waals surface area contributed by atoms with Gasteiger partial charge in [0.2, 0.25) is 17.4 Å². The van der Waals surface area contributed by atoms with Crippen LogP contribution >= 0.6 is 11.8 Å². The van der Waals surface area contributed by atoms with Crippen LogP contribution in [0, 0.1) is 17.7 Å². The van der Waals surface area contributed by atoms with Crippen LogP contribution in [0.2, 0.25) is 0 Å². The van der Waals surface area contributed by atoms with Crippen LogP contribution in [0.5, 0.6) is 0 Å². The van der Waals surface area contributed by atoms with Crippen LogP contribution in [-0.4, -0.2) is 53.9 Å². The topological polar surface area (TPSA) is 80.3 Å². The molecule has 1 aromatic rings. The molecule has 2 fully saturated rings. The second kappa shape index (κ2) is 7.59. The van der Waals surface area contributed by atoms with E-state index in [1.54, 1.807) is 36.1 Å². The molecule has 146 valence electrons. The Bertz CT molecular complexity index is 774. The first kappa shape index (κ1) is 19.8. The van der Waals surface area contributed by atoms with Gasteiger partial charge in [0.15, 0.2) is 0 Å².